The molecule has 23 heavy (non-hydrogen) atoms. The molecule has 0 atom stereocenters. The number of hydrogen-bond acceptors (Lipinski definition) is 6. The fourth-order valence-electron chi connectivity index (χ4n) is 2.43. The molecule has 0 bridgehead atoms. The maximum Gasteiger partial charge on any atom is 0.359 e. The Morgan fingerprint density at radius 3 is 3.00 bits per heavy atom. The summed E-state index contributed by atoms with van der Waals surface area (Å²) in [5.41, 5.74) is 0.773. The highest BCUT2D eigenvalue weighted by molar-refractivity contribution is 5.86. The molecule has 1 saturated heterocycles. The third-order valence-electron chi connectivity index (χ3n) is 3.72. The van der Waals surface area contributed by atoms with E-state index in [4.69, 9.17) is 9.47 Å². The van der Waals surface area contributed by atoms with Crippen LogP contribution in [0.2, 0.25) is 0 Å². The van der Waals surface area contributed by atoms with Crippen molar-refractivity contribution in [3.63, 3.8) is 0 Å². The van der Waals surface area contributed by atoms with Gasteiger partial charge in [0, 0.05) is 31.2 Å². The Bertz CT molecular complexity index is 746. The molecule has 0 unspecified atom stereocenters. The normalized spacial score (nSPS) is 15.5. The quantitative estimate of drug-likeness (QED) is 0.844. The zero-order valence-electron chi connectivity index (χ0n) is 12.8. The molecule has 0 radical (unpaired) electrons. The highest BCUT2D eigenvalue weighted by Crippen LogP contribution is 2.20. The van der Waals surface area contributed by atoms with Crippen LogP contribution in [0.3, 0.4) is 0 Å². The van der Waals surface area contributed by atoms with Crippen molar-refractivity contribution in [2.45, 2.75) is 32.4 Å². The Balaban J connectivity index is 1.62. The maximum atomic E-state index is 12.0. The van der Waals surface area contributed by atoms with Crippen LogP contribution in [0.4, 0.5) is 0 Å². The summed E-state index contributed by atoms with van der Waals surface area (Å²) in [5, 5.41) is 10.8. The average molecular weight is 318 g/mol. The van der Waals surface area contributed by atoms with Crippen LogP contribution < -0.4 is 5.43 Å². The predicted molar refractivity (Wildman–Crippen MR) is 80.0 cm³/mol. The molecule has 0 aliphatic carbocycles. The number of aryl methyl sites for hydroxylation is 1. The number of carbonyl (C=O) groups excluding carboxylic acids is 1. The molecule has 8 nitrogen and oxygen atoms in total. The van der Waals surface area contributed by atoms with Gasteiger partial charge in [-0.15, -0.1) is 0 Å². The van der Waals surface area contributed by atoms with Crippen molar-refractivity contribution in [2.24, 2.45) is 0 Å². The van der Waals surface area contributed by atoms with Gasteiger partial charge in [-0.1, -0.05) is 0 Å². The monoisotopic (exact) mass is 318 g/mol. The lowest BCUT2D eigenvalue weighted by Gasteiger charge is -2.22. The lowest BCUT2D eigenvalue weighted by Crippen LogP contribution is -2.20. The lowest BCUT2D eigenvalue weighted by molar-refractivity contribution is 0.0453. The summed E-state index contributed by atoms with van der Waals surface area (Å²) in [5.74, 6) is -0.572. The molecule has 1 fully saturated rings. The van der Waals surface area contributed by atoms with Crippen LogP contribution in [-0.2, 0) is 16.1 Å². The zero-order chi connectivity index (χ0) is 16.2. The predicted octanol–water partition coefficient (Wildman–Crippen LogP) is 0.983. The summed E-state index contributed by atoms with van der Waals surface area (Å²) >= 11 is 0. The summed E-state index contributed by atoms with van der Waals surface area (Å²) < 4.78 is 12.2. The Morgan fingerprint density at radius 1 is 1.48 bits per heavy atom. The first-order chi connectivity index (χ1) is 11.1. The number of H-pyrrole nitrogens is 1. The number of hydrogen-bond donors (Lipinski definition) is 1. The number of nitrogens with one attached hydrogen (secondary N) is 1. The van der Waals surface area contributed by atoms with Gasteiger partial charge in [0.2, 0.25) is 5.43 Å². The standard InChI is InChI=1S/C15H18N4O4/c1-10-8-14(20)13(17-16-10)9-23-15(21)12-2-5-19(18-12)11-3-6-22-7-4-11/h2,5,8,11H,3-4,6-7,9H2,1H3,(H,16,20). The summed E-state index contributed by atoms with van der Waals surface area (Å²) in [7, 11) is 0. The Labute approximate surface area is 132 Å². The highest BCUT2D eigenvalue weighted by atomic mass is 16.5. The van der Waals surface area contributed by atoms with E-state index >= 15 is 0 Å². The van der Waals surface area contributed by atoms with Gasteiger partial charge in [0.15, 0.2) is 5.69 Å². The minimum atomic E-state index is -0.572. The van der Waals surface area contributed by atoms with Crippen molar-refractivity contribution in [2.75, 3.05) is 13.2 Å². The Hall–Kier alpha value is -2.48. The third kappa shape index (κ3) is 3.65. The number of rotatable bonds is 4. The number of nitrogens with zero attached hydrogens (tertiary/aromatic N) is 3. The molecule has 2 aromatic heterocycles. The van der Waals surface area contributed by atoms with Crippen molar-refractivity contribution < 1.29 is 14.3 Å². The molecule has 3 rings (SSSR count). The molecule has 1 aliphatic heterocycles. The van der Waals surface area contributed by atoms with Gasteiger partial charge in [0.1, 0.15) is 12.3 Å². The van der Waals surface area contributed by atoms with E-state index in [1.54, 1.807) is 23.9 Å². The summed E-state index contributed by atoms with van der Waals surface area (Å²) in [6.45, 7) is 2.95. The zero-order valence-corrected chi connectivity index (χ0v) is 12.8. The number of esters is 1. The van der Waals surface area contributed by atoms with Gasteiger partial charge >= 0.3 is 5.97 Å². The SMILES string of the molecule is Cc1cc(=O)c(COC(=O)c2ccn(C3CCOCC3)n2)n[nH]1. The molecular formula is C15H18N4O4. The minimum absolute atomic E-state index is 0.160. The van der Waals surface area contributed by atoms with Crippen LogP contribution >= 0.6 is 0 Å². The molecule has 1 N–H and O–H groups in total. The average Bonchev–Trinajstić information content (AvgIpc) is 3.05. The number of aromatic amines is 1. The van der Waals surface area contributed by atoms with Crippen LogP contribution in [0.1, 0.15) is 40.8 Å². The second-order valence-corrected chi connectivity index (χ2v) is 5.46. The van der Waals surface area contributed by atoms with Crippen molar-refractivity contribution in [3.05, 3.63) is 45.6 Å². The van der Waals surface area contributed by atoms with Crippen LogP contribution in [0.15, 0.2) is 23.1 Å². The molecule has 3 heterocycles. The van der Waals surface area contributed by atoms with Crippen molar-refractivity contribution in [1.29, 1.82) is 0 Å². The summed E-state index contributed by atoms with van der Waals surface area (Å²) in [4.78, 5) is 23.7. The summed E-state index contributed by atoms with van der Waals surface area (Å²) in [6.07, 6.45) is 3.52. The fraction of sp³-hybridized carbons (Fsp3) is 0.467. The Morgan fingerprint density at radius 2 is 2.26 bits per heavy atom. The molecule has 2 aromatic rings. The van der Waals surface area contributed by atoms with Crippen LogP contribution in [0.5, 0.6) is 0 Å². The van der Waals surface area contributed by atoms with E-state index in [1.807, 2.05) is 0 Å². The third-order valence-corrected chi connectivity index (χ3v) is 3.72. The van der Waals surface area contributed by atoms with Gasteiger partial charge in [0.25, 0.3) is 0 Å². The van der Waals surface area contributed by atoms with E-state index in [1.165, 1.54) is 6.07 Å². The van der Waals surface area contributed by atoms with Crippen LogP contribution in [0.25, 0.3) is 0 Å². The lowest BCUT2D eigenvalue weighted by atomic mass is 10.1. The summed E-state index contributed by atoms with van der Waals surface area (Å²) in [6, 6.07) is 3.27. The first-order valence-electron chi connectivity index (χ1n) is 7.49. The van der Waals surface area contributed by atoms with Gasteiger partial charge in [0.05, 0.1) is 6.04 Å². The minimum Gasteiger partial charge on any atom is -0.454 e. The molecule has 122 valence electrons. The van der Waals surface area contributed by atoms with Gasteiger partial charge in [-0.2, -0.15) is 10.2 Å². The van der Waals surface area contributed by atoms with Gasteiger partial charge in [-0.05, 0) is 25.8 Å². The van der Waals surface area contributed by atoms with E-state index in [0.717, 1.165) is 12.8 Å². The Kier molecular flexibility index (Phi) is 4.52. The van der Waals surface area contributed by atoms with Crippen LogP contribution in [-0.4, -0.2) is 39.2 Å². The van der Waals surface area contributed by atoms with Gasteiger partial charge in [-0.25, -0.2) is 4.79 Å². The van der Waals surface area contributed by atoms with E-state index in [-0.39, 0.29) is 29.5 Å². The molecule has 0 amide bonds. The van der Waals surface area contributed by atoms with E-state index < -0.39 is 5.97 Å². The molecule has 0 aromatic carbocycles. The van der Waals surface area contributed by atoms with Gasteiger partial charge in [-0.3, -0.25) is 14.6 Å². The molecule has 8 heteroatoms. The maximum absolute atomic E-state index is 12.0. The second-order valence-electron chi connectivity index (χ2n) is 5.46. The first-order valence-corrected chi connectivity index (χ1v) is 7.49. The van der Waals surface area contributed by atoms with Crippen molar-refractivity contribution in [3.8, 4) is 0 Å². The topological polar surface area (TPSA) is 99.1 Å². The van der Waals surface area contributed by atoms with Gasteiger partial charge < -0.3 is 9.47 Å². The fourth-order valence-corrected chi connectivity index (χ4v) is 2.43. The van der Waals surface area contributed by atoms with E-state index in [9.17, 15) is 9.59 Å². The number of ether oxygens (including phenoxy) is 2. The van der Waals surface area contributed by atoms with E-state index in [0.29, 0.717) is 18.9 Å². The molecule has 0 spiro atoms. The largest absolute Gasteiger partial charge is 0.454 e. The number of carbonyl (C=O) groups is 1. The second kappa shape index (κ2) is 6.74. The van der Waals surface area contributed by atoms with Crippen molar-refractivity contribution in [1.82, 2.24) is 20.0 Å². The number of aromatic nitrogens is 4. The van der Waals surface area contributed by atoms with Crippen molar-refractivity contribution >= 4 is 5.97 Å². The smallest absolute Gasteiger partial charge is 0.359 e. The van der Waals surface area contributed by atoms with E-state index in [2.05, 4.69) is 15.3 Å². The molecule has 1 aliphatic rings. The molecule has 0 saturated carbocycles. The van der Waals surface area contributed by atoms with Crippen LogP contribution in [0, 0.1) is 6.92 Å². The highest BCUT2D eigenvalue weighted by Gasteiger charge is 2.19. The first kappa shape index (κ1) is 15.4. The molecular weight excluding hydrogens is 300 g/mol.